The van der Waals surface area contributed by atoms with Gasteiger partial charge >= 0.3 is 0 Å². The van der Waals surface area contributed by atoms with Gasteiger partial charge in [0.2, 0.25) is 0 Å². The van der Waals surface area contributed by atoms with E-state index in [9.17, 15) is 0 Å². The van der Waals surface area contributed by atoms with Crippen molar-refractivity contribution >= 4 is 35.0 Å². The van der Waals surface area contributed by atoms with Crippen LogP contribution >= 0.6 is 35.0 Å². The Morgan fingerprint density at radius 2 is 2.00 bits per heavy atom. The summed E-state index contributed by atoms with van der Waals surface area (Å²) in [4.78, 5) is 4.13. The topological polar surface area (TPSA) is 12.9 Å². The van der Waals surface area contributed by atoms with Gasteiger partial charge in [-0.05, 0) is 48.1 Å². The van der Waals surface area contributed by atoms with Crippen LogP contribution in [0.25, 0.3) is 0 Å². The molecule has 0 saturated carbocycles. The molecular formula is C7H9ClIN. The molecule has 10 heavy (non-hydrogen) atoms. The van der Waals surface area contributed by atoms with Gasteiger partial charge in [0.1, 0.15) is 0 Å². The van der Waals surface area contributed by atoms with Crippen molar-refractivity contribution in [3.8, 4) is 0 Å². The number of aromatic nitrogens is 1. The lowest BCUT2D eigenvalue weighted by atomic mass is 10.3. The normalized spacial score (nSPS) is 8.70. The second-order valence-electron chi connectivity index (χ2n) is 2.03. The van der Waals surface area contributed by atoms with Crippen LogP contribution in [0.1, 0.15) is 11.3 Å². The van der Waals surface area contributed by atoms with E-state index in [0.29, 0.717) is 0 Å². The molecule has 0 aliphatic carbocycles. The van der Waals surface area contributed by atoms with Crippen LogP contribution < -0.4 is 0 Å². The van der Waals surface area contributed by atoms with E-state index < -0.39 is 0 Å². The fourth-order valence-corrected chi connectivity index (χ4v) is 0.995. The van der Waals surface area contributed by atoms with Crippen molar-refractivity contribution in [2.45, 2.75) is 13.8 Å². The number of aryl methyl sites for hydroxylation is 2. The van der Waals surface area contributed by atoms with Gasteiger partial charge in [0.25, 0.3) is 0 Å². The van der Waals surface area contributed by atoms with E-state index >= 15 is 0 Å². The van der Waals surface area contributed by atoms with Crippen molar-refractivity contribution in [2.24, 2.45) is 0 Å². The maximum atomic E-state index is 4.13. The van der Waals surface area contributed by atoms with Crippen LogP contribution in [0.3, 0.4) is 0 Å². The van der Waals surface area contributed by atoms with Crippen LogP contribution in [-0.2, 0) is 0 Å². The summed E-state index contributed by atoms with van der Waals surface area (Å²) in [5, 5.41) is 0. The van der Waals surface area contributed by atoms with Crippen molar-refractivity contribution in [3.63, 3.8) is 0 Å². The molecule has 0 unspecified atom stereocenters. The van der Waals surface area contributed by atoms with Crippen LogP contribution in [0.2, 0.25) is 0 Å². The third-order valence-corrected chi connectivity index (χ3v) is 2.89. The molecule has 1 aromatic rings. The third-order valence-electron chi connectivity index (χ3n) is 1.26. The fourth-order valence-electron chi connectivity index (χ4n) is 0.676. The summed E-state index contributed by atoms with van der Waals surface area (Å²) >= 11 is 2.31. The maximum Gasteiger partial charge on any atom is 0.0508 e. The van der Waals surface area contributed by atoms with Crippen molar-refractivity contribution in [1.29, 1.82) is 0 Å². The lowest BCUT2D eigenvalue weighted by Gasteiger charge is -1.97. The molecule has 0 fully saturated rings. The van der Waals surface area contributed by atoms with Crippen LogP contribution in [0.4, 0.5) is 0 Å². The Bertz CT molecular complexity index is 205. The summed E-state index contributed by atoms with van der Waals surface area (Å²) in [6.45, 7) is 4.12. The smallest absolute Gasteiger partial charge is 0.0508 e. The van der Waals surface area contributed by atoms with Gasteiger partial charge < -0.3 is 0 Å². The highest BCUT2D eigenvalue weighted by atomic mass is 127. The predicted molar refractivity (Wildman–Crippen MR) is 53.7 cm³/mol. The lowest BCUT2D eigenvalue weighted by molar-refractivity contribution is 1.15. The second kappa shape index (κ2) is 4.13. The molecule has 0 aliphatic heterocycles. The highest BCUT2D eigenvalue weighted by Crippen LogP contribution is 2.12. The van der Waals surface area contributed by atoms with Crippen molar-refractivity contribution in [1.82, 2.24) is 4.98 Å². The van der Waals surface area contributed by atoms with Gasteiger partial charge in [0, 0.05) is 9.77 Å². The Morgan fingerprint density at radius 1 is 1.40 bits per heavy atom. The molecule has 0 aliphatic rings. The van der Waals surface area contributed by atoms with Gasteiger partial charge in [-0.1, -0.05) is 0 Å². The Balaban J connectivity index is 0.000000810. The Labute approximate surface area is 80.8 Å². The summed E-state index contributed by atoms with van der Waals surface area (Å²) in [5.74, 6) is 0. The monoisotopic (exact) mass is 269 g/mol. The van der Waals surface area contributed by atoms with Crippen molar-refractivity contribution in [3.05, 3.63) is 27.1 Å². The number of nitrogens with zero attached hydrogens (tertiary/aromatic N) is 1. The zero-order chi connectivity index (χ0) is 6.85. The molecule has 0 saturated heterocycles. The molecule has 0 atom stereocenters. The van der Waals surface area contributed by atoms with Crippen molar-refractivity contribution < 1.29 is 0 Å². The molecule has 3 heteroatoms. The maximum absolute atomic E-state index is 4.13. The minimum absolute atomic E-state index is 0. The third kappa shape index (κ3) is 2.09. The van der Waals surface area contributed by atoms with Gasteiger partial charge in [-0.2, -0.15) is 0 Å². The molecule has 56 valence electrons. The minimum atomic E-state index is 0. The molecule has 0 radical (unpaired) electrons. The molecule has 0 bridgehead atoms. The van der Waals surface area contributed by atoms with Crippen LogP contribution in [0, 0.1) is 17.4 Å². The van der Waals surface area contributed by atoms with Gasteiger partial charge in [0.05, 0.1) is 5.69 Å². The quantitative estimate of drug-likeness (QED) is 0.660. The average Bonchev–Trinajstić information content (AvgIpc) is 1.83. The van der Waals surface area contributed by atoms with E-state index in [0.717, 1.165) is 5.69 Å². The zero-order valence-corrected chi connectivity index (χ0v) is 8.86. The van der Waals surface area contributed by atoms with E-state index in [1.54, 1.807) is 0 Å². The second-order valence-corrected chi connectivity index (χ2v) is 3.11. The van der Waals surface area contributed by atoms with E-state index in [1.807, 2.05) is 19.2 Å². The molecule has 0 spiro atoms. The molecular weight excluding hydrogens is 260 g/mol. The number of halogens is 2. The molecule has 1 heterocycles. The number of hydrogen-bond acceptors (Lipinski definition) is 1. The van der Waals surface area contributed by atoms with Gasteiger partial charge in [-0.3, -0.25) is 4.98 Å². The van der Waals surface area contributed by atoms with Crippen LogP contribution in [0.5, 0.6) is 0 Å². The lowest BCUT2D eigenvalue weighted by Crippen LogP contribution is -1.87. The summed E-state index contributed by atoms with van der Waals surface area (Å²) in [6.07, 6.45) is 1.84. The first kappa shape index (κ1) is 10.2. The first-order valence-electron chi connectivity index (χ1n) is 2.79. The summed E-state index contributed by atoms with van der Waals surface area (Å²) < 4.78 is 1.27. The summed E-state index contributed by atoms with van der Waals surface area (Å²) in [7, 11) is 0. The van der Waals surface area contributed by atoms with Crippen molar-refractivity contribution in [2.75, 3.05) is 0 Å². The van der Waals surface area contributed by atoms with E-state index in [-0.39, 0.29) is 12.4 Å². The number of rotatable bonds is 0. The predicted octanol–water partition coefficient (Wildman–Crippen LogP) is 2.72. The molecule has 1 nitrogen and oxygen atoms in total. The number of pyridine rings is 1. The van der Waals surface area contributed by atoms with E-state index in [1.165, 1.54) is 9.13 Å². The minimum Gasteiger partial charge on any atom is -0.260 e. The van der Waals surface area contributed by atoms with E-state index in [4.69, 9.17) is 0 Å². The highest BCUT2D eigenvalue weighted by Gasteiger charge is 1.95. The Kier molecular flexibility index (Phi) is 4.20. The molecule has 1 rings (SSSR count). The van der Waals surface area contributed by atoms with Gasteiger partial charge in [-0.25, -0.2) is 0 Å². The first-order chi connectivity index (χ1) is 4.22. The summed E-state index contributed by atoms with van der Waals surface area (Å²) in [5.41, 5.74) is 2.43. The highest BCUT2D eigenvalue weighted by molar-refractivity contribution is 14.1. The van der Waals surface area contributed by atoms with Crippen LogP contribution in [-0.4, -0.2) is 4.98 Å². The summed E-state index contributed by atoms with van der Waals surface area (Å²) in [6, 6.07) is 2.02. The Morgan fingerprint density at radius 3 is 2.40 bits per heavy atom. The molecule has 0 N–H and O–H groups in total. The molecule has 1 aromatic heterocycles. The SMILES string of the molecule is Cc1ccnc(C)c1I.Cl. The molecule has 0 amide bonds. The van der Waals surface area contributed by atoms with Gasteiger partial charge in [0.15, 0.2) is 0 Å². The van der Waals surface area contributed by atoms with E-state index in [2.05, 4.69) is 34.5 Å². The fraction of sp³-hybridized carbons (Fsp3) is 0.286. The zero-order valence-electron chi connectivity index (χ0n) is 5.89. The van der Waals surface area contributed by atoms with Crippen LogP contribution in [0.15, 0.2) is 12.3 Å². The molecule has 0 aromatic carbocycles. The average molecular weight is 270 g/mol. The van der Waals surface area contributed by atoms with Gasteiger partial charge in [-0.15, -0.1) is 12.4 Å². The Hall–Kier alpha value is 0.170. The largest absolute Gasteiger partial charge is 0.260 e. The first-order valence-corrected chi connectivity index (χ1v) is 3.87. The standard InChI is InChI=1S/C7H8IN.ClH/c1-5-3-4-9-6(2)7(5)8;/h3-4H,1-2H3;1H. The number of hydrogen-bond donors (Lipinski definition) is 0.